The van der Waals surface area contributed by atoms with Gasteiger partial charge in [0.2, 0.25) is 5.89 Å². The smallest absolute Gasteiger partial charge is 0.247 e. The summed E-state index contributed by atoms with van der Waals surface area (Å²) in [4.78, 5) is 4.30. The third kappa shape index (κ3) is 2.92. The highest BCUT2D eigenvalue weighted by atomic mass is 19.1. The van der Waals surface area contributed by atoms with E-state index >= 15 is 0 Å². The molecule has 0 amide bonds. The first-order chi connectivity index (χ1) is 12.3. The molecule has 2 aromatic carbocycles. The lowest BCUT2D eigenvalue weighted by molar-refractivity contribution is 0.165. The van der Waals surface area contributed by atoms with E-state index in [1.54, 1.807) is 30.1 Å². The van der Waals surface area contributed by atoms with Crippen LogP contribution < -0.4 is 0 Å². The Morgan fingerprint density at radius 2 is 1.92 bits per heavy atom. The van der Waals surface area contributed by atoms with Crippen molar-refractivity contribution >= 4 is 10.9 Å². The average Bonchev–Trinajstić information content (AvgIpc) is 3.22. The molecule has 0 fully saturated rings. The highest BCUT2D eigenvalue weighted by Crippen LogP contribution is 2.28. The number of halogens is 1. The molecule has 0 unspecified atom stereocenters. The van der Waals surface area contributed by atoms with Gasteiger partial charge < -0.3 is 9.15 Å². The molecule has 0 saturated heterocycles. The number of ether oxygens (including phenoxy) is 1. The zero-order chi connectivity index (χ0) is 17.2. The number of hydrogen-bond acceptors (Lipinski definition) is 4. The SMILES string of the molecule is COCc1cnc(-c2nn(Cc3ccccc3F)c3ccccc23)o1. The van der Waals surface area contributed by atoms with Crippen LogP contribution in [0.3, 0.4) is 0 Å². The first-order valence-electron chi connectivity index (χ1n) is 7.89. The molecule has 5 nitrogen and oxygen atoms in total. The van der Waals surface area contributed by atoms with E-state index in [2.05, 4.69) is 10.1 Å². The van der Waals surface area contributed by atoms with E-state index in [-0.39, 0.29) is 5.82 Å². The van der Waals surface area contributed by atoms with Gasteiger partial charge >= 0.3 is 0 Å². The van der Waals surface area contributed by atoms with Crippen LogP contribution in [-0.4, -0.2) is 21.9 Å². The summed E-state index contributed by atoms with van der Waals surface area (Å²) in [7, 11) is 1.60. The Balaban J connectivity index is 1.79. The van der Waals surface area contributed by atoms with Gasteiger partial charge in [-0.15, -0.1) is 0 Å². The van der Waals surface area contributed by atoms with Crippen LogP contribution in [0.15, 0.2) is 59.1 Å². The fraction of sp³-hybridized carbons (Fsp3) is 0.158. The quantitative estimate of drug-likeness (QED) is 0.552. The monoisotopic (exact) mass is 337 g/mol. The second kappa shape index (κ2) is 6.49. The van der Waals surface area contributed by atoms with Crippen LogP contribution in [0.2, 0.25) is 0 Å². The van der Waals surface area contributed by atoms with Crippen LogP contribution in [0.1, 0.15) is 11.3 Å². The third-order valence-electron chi connectivity index (χ3n) is 3.98. The molecular formula is C19H16FN3O2. The molecule has 126 valence electrons. The molecule has 0 N–H and O–H groups in total. The van der Waals surface area contributed by atoms with Crippen molar-refractivity contribution < 1.29 is 13.5 Å². The molecule has 2 aromatic heterocycles. The van der Waals surface area contributed by atoms with E-state index in [4.69, 9.17) is 9.15 Å². The molecule has 6 heteroatoms. The van der Waals surface area contributed by atoms with Gasteiger partial charge in [-0.2, -0.15) is 5.10 Å². The number of rotatable bonds is 5. The van der Waals surface area contributed by atoms with Crippen molar-refractivity contribution in [3.63, 3.8) is 0 Å². The highest BCUT2D eigenvalue weighted by Gasteiger charge is 2.17. The predicted octanol–water partition coefficient (Wildman–Crippen LogP) is 4.03. The fourth-order valence-corrected chi connectivity index (χ4v) is 2.82. The van der Waals surface area contributed by atoms with Gasteiger partial charge in [0.25, 0.3) is 0 Å². The second-order valence-electron chi connectivity index (χ2n) is 5.68. The number of para-hydroxylation sites is 1. The highest BCUT2D eigenvalue weighted by molar-refractivity contribution is 5.91. The Morgan fingerprint density at radius 1 is 1.12 bits per heavy atom. The standard InChI is InChI=1S/C19H16FN3O2/c1-24-12-14-10-21-19(25-14)18-15-7-3-5-9-17(15)23(22-18)11-13-6-2-4-8-16(13)20/h2-10H,11-12H2,1H3. The van der Waals surface area contributed by atoms with Crippen molar-refractivity contribution in [3.05, 3.63) is 71.9 Å². The van der Waals surface area contributed by atoms with Gasteiger partial charge in [-0.05, 0) is 12.1 Å². The number of methoxy groups -OCH3 is 1. The van der Waals surface area contributed by atoms with Gasteiger partial charge in [-0.1, -0.05) is 36.4 Å². The molecule has 2 heterocycles. The number of oxazole rings is 1. The number of fused-ring (bicyclic) bond motifs is 1. The maximum absolute atomic E-state index is 14.0. The minimum atomic E-state index is -0.248. The van der Waals surface area contributed by atoms with Gasteiger partial charge in [0.15, 0.2) is 11.5 Å². The molecule has 0 atom stereocenters. The van der Waals surface area contributed by atoms with E-state index in [9.17, 15) is 4.39 Å². The Bertz CT molecular complexity index is 1020. The predicted molar refractivity (Wildman–Crippen MR) is 91.4 cm³/mol. The molecule has 0 aliphatic rings. The molecule has 0 aliphatic heterocycles. The number of benzene rings is 2. The Labute approximate surface area is 143 Å². The molecular weight excluding hydrogens is 321 g/mol. The minimum absolute atomic E-state index is 0.248. The van der Waals surface area contributed by atoms with Crippen molar-refractivity contribution in [1.29, 1.82) is 0 Å². The minimum Gasteiger partial charge on any atom is -0.437 e. The van der Waals surface area contributed by atoms with Crippen molar-refractivity contribution in [2.24, 2.45) is 0 Å². The van der Waals surface area contributed by atoms with Gasteiger partial charge in [-0.3, -0.25) is 4.68 Å². The molecule has 0 bridgehead atoms. The summed E-state index contributed by atoms with van der Waals surface area (Å²) in [5.74, 6) is 0.808. The maximum Gasteiger partial charge on any atom is 0.247 e. The number of nitrogens with zero attached hydrogens (tertiary/aromatic N) is 3. The zero-order valence-electron chi connectivity index (χ0n) is 13.6. The van der Waals surface area contributed by atoms with E-state index in [1.807, 2.05) is 30.3 Å². The van der Waals surface area contributed by atoms with E-state index in [0.717, 1.165) is 10.9 Å². The zero-order valence-corrected chi connectivity index (χ0v) is 13.6. The molecule has 0 aliphatic carbocycles. The molecule has 25 heavy (non-hydrogen) atoms. The van der Waals surface area contributed by atoms with Crippen LogP contribution in [0, 0.1) is 5.82 Å². The molecule has 4 aromatic rings. The maximum atomic E-state index is 14.0. The summed E-state index contributed by atoms with van der Waals surface area (Å²) in [6.45, 7) is 0.680. The van der Waals surface area contributed by atoms with Gasteiger partial charge in [0, 0.05) is 18.1 Å². The lowest BCUT2D eigenvalue weighted by Crippen LogP contribution is -2.03. The molecule has 0 spiro atoms. The summed E-state index contributed by atoms with van der Waals surface area (Å²) >= 11 is 0. The number of aromatic nitrogens is 3. The molecule has 0 saturated carbocycles. The molecule has 0 radical (unpaired) electrons. The van der Waals surface area contributed by atoms with Crippen LogP contribution in [-0.2, 0) is 17.9 Å². The third-order valence-corrected chi connectivity index (χ3v) is 3.98. The molecule has 4 rings (SSSR count). The van der Waals surface area contributed by atoms with Crippen molar-refractivity contribution in [2.75, 3.05) is 7.11 Å². The van der Waals surface area contributed by atoms with E-state index in [0.29, 0.717) is 36.1 Å². The van der Waals surface area contributed by atoms with E-state index < -0.39 is 0 Å². The summed E-state index contributed by atoms with van der Waals surface area (Å²) in [6, 6.07) is 14.5. The van der Waals surface area contributed by atoms with Crippen LogP contribution in [0.25, 0.3) is 22.5 Å². The summed E-state index contributed by atoms with van der Waals surface area (Å²) in [5, 5.41) is 5.53. The lowest BCUT2D eigenvalue weighted by atomic mass is 10.2. The summed E-state index contributed by atoms with van der Waals surface area (Å²) in [6.07, 6.45) is 1.63. The van der Waals surface area contributed by atoms with Crippen LogP contribution in [0.4, 0.5) is 4.39 Å². The van der Waals surface area contributed by atoms with Crippen molar-refractivity contribution in [3.8, 4) is 11.6 Å². The Kier molecular flexibility index (Phi) is 4.03. The summed E-state index contributed by atoms with van der Waals surface area (Å²) < 4.78 is 26.6. The largest absolute Gasteiger partial charge is 0.437 e. The van der Waals surface area contributed by atoms with Crippen LogP contribution >= 0.6 is 0 Å². The van der Waals surface area contributed by atoms with E-state index in [1.165, 1.54) is 6.07 Å². The first kappa shape index (κ1) is 15.5. The topological polar surface area (TPSA) is 53.1 Å². The van der Waals surface area contributed by atoms with Gasteiger partial charge in [-0.25, -0.2) is 9.37 Å². The Hall–Kier alpha value is -2.99. The normalized spacial score (nSPS) is 11.3. The second-order valence-corrected chi connectivity index (χ2v) is 5.68. The Morgan fingerprint density at radius 3 is 2.76 bits per heavy atom. The van der Waals surface area contributed by atoms with Gasteiger partial charge in [0.1, 0.15) is 12.4 Å². The number of hydrogen-bond donors (Lipinski definition) is 0. The fourth-order valence-electron chi connectivity index (χ4n) is 2.82. The van der Waals surface area contributed by atoms with Gasteiger partial charge in [0.05, 0.1) is 18.3 Å². The van der Waals surface area contributed by atoms with Crippen molar-refractivity contribution in [1.82, 2.24) is 14.8 Å². The average molecular weight is 337 g/mol. The van der Waals surface area contributed by atoms with Crippen LogP contribution in [0.5, 0.6) is 0 Å². The first-order valence-corrected chi connectivity index (χ1v) is 7.89. The van der Waals surface area contributed by atoms with Crippen molar-refractivity contribution in [2.45, 2.75) is 13.2 Å². The summed E-state index contributed by atoms with van der Waals surface area (Å²) in [5.41, 5.74) is 2.11. The lowest BCUT2D eigenvalue weighted by Gasteiger charge is -2.04.